The van der Waals surface area contributed by atoms with Crippen molar-refractivity contribution < 1.29 is 4.74 Å². The van der Waals surface area contributed by atoms with Gasteiger partial charge in [0.25, 0.3) is 5.56 Å². The predicted octanol–water partition coefficient (Wildman–Crippen LogP) is 5.86. The zero-order valence-electron chi connectivity index (χ0n) is 16.9. The summed E-state index contributed by atoms with van der Waals surface area (Å²) < 4.78 is 8.21. The lowest BCUT2D eigenvalue weighted by Gasteiger charge is -2.30. The first-order valence-corrected chi connectivity index (χ1v) is 10.6. The number of fused-ring (bicyclic) bond motifs is 1. The molecule has 0 N–H and O–H groups in total. The summed E-state index contributed by atoms with van der Waals surface area (Å²) in [5.41, 5.74) is 2.42. The maximum absolute atomic E-state index is 12.7. The smallest absolute Gasteiger partial charge is 0.251 e. The van der Waals surface area contributed by atoms with Gasteiger partial charge in [0.15, 0.2) is 0 Å². The highest BCUT2D eigenvalue weighted by Crippen LogP contribution is 2.34. The van der Waals surface area contributed by atoms with E-state index in [4.69, 9.17) is 4.74 Å². The van der Waals surface area contributed by atoms with E-state index in [1.165, 1.54) is 5.56 Å². The lowest BCUT2D eigenvalue weighted by Crippen LogP contribution is -2.30. The Kier molecular flexibility index (Phi) is 6.26. The normalized spacial score (nSPS) is 20.4. The molecule has 150 valence electrons. The Balaban J connectivity index is 1.44. The van der Waals surface area contributed by atoms with Gasteiger partial charge in [-0.3, -0.25) is 4.79 Å². The molecule has 1 aliphatic rings. The van der Waals surface area contributed by atoms with Crippen molar-refractivity contribution >= 4 is 10.9 Å². The Labute approximate surface area is 172 Å². The van der Waals surface area contributed by atoms with Gasteiger partial charge in [-0.1, -0.05) is 54.6 Å². The van der Waals surface area contributed by atoms with Crippen molar-refractivity contribution in [3.8, 4) is 0 Å². The van der Waals surface area contributed by atoms with Gasteiger partial charge in [0, 0.05) is 6.07 Å². The van der Waals surface area contributed by atoms with Gasteiger partial charge < -0.3 is 9.30 Å². The molecule has 1 unspecified atom stereocenters. The number of hydrogen-bond donors (Lipinski definition) is 0. The van der Waals surface area contributed by atoms with Crippen LogP contribution in [-0.4, -0.2) is 17.3 Å². The van der Waals surface area contributed by atoms with Gasteiger partial charge in [-0.05, 0) is 61.1 Å². The zero-order chi connectivity index (χ0) is 20.1. The molecule has 3 aromatic rings. The fourth-order valence-electron chi connectivity index (χ4n) is 4.56. The number of benzene rings is 2. The average Bonchev–Trinajstić information content (AvgIpc) is 2.78. The largest absolute Gasteiger partial charge is 0.376 e. The minimum Gasteiger partial charge on any atom is -0.376 e. The molecule has 0 aliphatic heterocycles. The summed E-state index contributed by atoms with van der Waals surface area (Å²) in [4.78, 5) is 12.7. The number of allylic oxidation sites excluding steroid dienone is 1. The molecule has 1 atom stereocenters. The number of aromatic nitrogens is 1. The van der Waals surface area contributed by atoms with Crippen LogP contribution in [0, 0.1) is 0 Å². The number of rotatable bonds is 7. The van der Waals surface area contributed by atoms with Crippen molar-refractivity contribution in [2.45, 2.75) is 50.2 Å². The average molecular weight is 388 g/mol. The predicted molar refractivity (Wildman–Crippen MR) is 119 cm³/mol. The van der Waals surface area contributed by atoms with Gasteiger partial charge in [0.2, 0.25) is 0 Å². The van der Waals surface area contributed by atoms with Gasteiger partial charge in [-0.15, -0.1) is 6.58 Å². The molecule has 4 rings (SSSR count). The van der Waals surface area contributed by atoms with Gasteiger partial charge in [0.05, 0.1) is 24.3 Å². The van der Waals surface area contributed by atoms with E-state index in [9.17, 15) is 4.79 Å². The lowest BCUT2D eigenvalue weighted by molar-refractivity contribution is 0.00758. The molecular weight excluding hydrogens is 358 g/mol. The second-order valence-electron chi connectivity index (χ2n) is 8.00. The standard InChI is InChI=1S/C26H29NO2/c1-2-8-23(27-25-12-7-6-11-22(25)15-18-26(27)28)19-29-24-16-13-21(14-17-24)20-9-4-3-5-10-20/h2-7,9-12,15,18,21,23-24H,1,8,13-14,16-17,19H2. The highest BCUT2D eigenvalue weighted by atomic mass is 16.5. The molecule has 0 bridgehead atoms. The number of ether oxygens (including phenoxy) is 1. The van der Waals surface area contributed by atoms with Crippen LogP contribution >= 0.6 is 0 Å². The number of nitrogens with zero attached hydrogens (tertiary/aromatic N) is 1. The van der Waals surface area contributed by atoms with Crippen molar-refractivity contribution in [2.24, 2.45) is 0 Å². The van der Waals surface area contributed by atoms with Crippen LogP contribution in [-0.2, 0) is 4.74 Å². The second-order valence-corrected chi connectivity index (χ2v) is 8.00. The molecule has 0 saturated heterocycles. The molecular formula is C26H29NO2. The summed E-state index contributed by atoms with van der Waals surface area (Å²) in [6.07, 6.45) is 7.34. The Morgan fingerprint density at radius 3 is 2.45 bits per heavy atom. The number of hydrogen-bond acceptors (Lipinski definition) is 2. The van der Waals surface area contributed by atoms with Crippen LogP contribution in [0.3, 0.4) is 0 Å². The summed E-state index contributed by atoms with van der Waals surface area (Å²) in [6.45, 7) is 4.45. The van der Waals surface area contributed by atoms with Gasteiger partial charge >= 0.3 is 0 Å². The minimum atomic E-state index is -0.0297. The maximum Gasteiger partial charge on any atom is 0.251 e. The van der Waals surface area contributed by atoms with E-state index in [1.54, 1.807) is 6.07 Å². The van der Waals surface area contributed by atoms with Crippen LogP contribution in [0.25, 0.3) is 10.9 Å². The first-order chi connectivity index (χ1) is 14.3. The van der Waals surface area contributed by atoms with E-state index < -0.39 is 0 Å². The summed E-state index contributed by atoms with van der Waals surface area (Å²) in [5, 5.41) is 1.07. The Morgan fingerprint density at radius 2 is 1.69 bits per heavy atom. The zero-order valence-corrected chi connectivity index (χ0v) is 16.9. The van der Waals surface area contributed by atoms with E-state index >= 15 is 0 Å². The van der Waals surface area contributed by atoms with Crippen LogP contribution in [0.5, 0.6) is 0 Å². The third kappa shape index (κ3) is 4.51. The maximum atomic E-state index is 12.7. The summed E-state index contributed by atoms with van der Waals surface area (Å²) in [5.74, 6) is 0.640. The van der Waals surface area contributed by atoms with Crippen LogP contribution in [0.15, 0.2) is 84.2 Å². The van der Waals surface area contributed by atoms with Crippen molar-refractivity contribution in [1.29, 1.82) is 0 Å². The highest BCUT2D eigenvalue weighted by molar-refractivity contribution is 5.78. The molecule has 1 fully saturated rings. The van der Waals surface area contributed by atoms with Crippen LogP contribution < -0.4 is 5.56 Å². The summed E-state index contributed by atoms with van der Waals surface area (Å²) in [7, 11) is 0. The first kappa shape index (κ1) is 19.7. The molecule has 3 nitrogen and oxygen atoms in total. The minimum absolute atomic E-state index is 0.0203. The third-order valence-electron chi connectivity index (χ3n) is 6.11. The molecule has 0 radical (unpaired) electrons. The van der Waals surface area contributed by atoms with Crippen LogP contribution in [0.1, 0.15) is 49.6 Å². The fourth-order valence-corrected chi connectivity index (χ4v) is 4.56. The number of pyridine rings is 1. The topological polar surface area (TPSA) is 31.2 Å². The van der Waals surface area contributed by atoms with Crippen molar-refractivity contribution in [1.82, 2.24) is 4.57 Å². The van der Waals surface area contributed by atoms with E-state index in [2.05, 4.69) is 36.9 Å². The SMILES string of the molecule is C=CCC(COC1CCC(c2ccccc2)CC1)n1c(=O)ccc2ccccc21. The molecule has 0 amide bonds. The van der Waals surface area contributed by atoms with E-state index in [1.807, 2.05) is 41.0 Å². The van der Waals surface area contributed by atoms with Crippen molar-refractivity contribution in [2.75, 3.05) is 6.61 Å². The monoisotopic (exact) mass is 387 g/mol. The van der Waals surface area contributed by atoms with Gasteiger partial charge in [0.1, 0.15) is 0 Å². The Morgan fingerprint density at radius 1 is 0.966 bits per heavy atom. The van der Waals surface area contributed by atoms with E-state index in [-0.39, 0.29) is 17.7 Å². The Hall–Kier alpha value is -2.65. The second kappa shape index (κ2) is 9.23. The van der Waals surface area contributed by atoms with Crippen LogP contribution in [0.2, 0.25) is 0 Å². The first-order valence-electron chi connectivity index (χ1n) is 10.6. The van der Waals surface area contributed by atoms with Crippen LogP contribution in [0.4, 0.5) is 0 Å². The molecule has 0 spiro atoms. The molecule has 1 aromatic heterocycles. The molecule has 3 heteroatoms. The molecule has 1 saturated carbocycles. The van der Waals surface area contributed by atoms with Crippen molar-refractivity contribution in [3.05, 3.63) is 95.3 Å². The summed E-state index contributed by atoms with van der Waals surface area (Å²) >= 11 is 0. The van der Waals surface area contributed by atoms with Gasteiger partial charge in [-0.25, -0.2) is 0 Å². The lowest BCUT2D eigenvalue weighted by atomic mass is 9.83. The van der Waals surface area contributed by atoms with Crippen molar-refractivity contribution in [3.63, 3.8) is 0 Å². The fraction of sp³-hybridized carbons (Fsp3) is 0.346. The quantitative estimate of drug-likeness (QED) is 0.475. The molecule has 29 heavy (non-hydrogen) atoms. The molecule has 2 aromatic carbocycles. The summed E-state index contributed by atoms with van der Waals surface area (Å²) in [6, 6.07) is 22.4. The highest BCUT2D eigenvalue weighted by Gasteiger charge is 2.24. The number of para-hydroxylation sites is 1. The molecule has 1 heterocycles. The van der Waals surface area contributed by atoms with E-state index in [0.29, 0.717) is 18.9 Å². The third-order valence-corrected chi connectivity index (χ3v) is 6.11. The van der Waals surface area contributed by atoms with Gasteiger partial charge in [-0.2, -0.15) is 0 Å². The Bertz CT molecular complexity index is 1000. The molecule has 1 aliphatic carbocycles. The van der Waals surface area contributed by atoms with E-state index in [0.717, 1.165) is 36.6 Å².